The summed E-state index contributed by atoms with van der Waals surface area (Å²) in [4.78, 5) is 26.9. The van der Waals surface area contributed by atoms with Crippen LogP contribution in [-0.4, -0.2) is 55.5 Å². The fraction of sp³-hybridized carbons (Fsp3) is 0.902. The molecule has 0 aromatic rings. The minimum absolute atomic E-state index is 0.0309. The van der Waals surface area contributed by atoms with Gasteiger partial charge in [-0.05, 0) is 141 Å². The summed E-state index contributed by atoms with van der Waals surface area (Å²) in [5.41, 5.74) is 1.93. The van der Waals surface area contributed by atoms with E-state index in [1.807, 2.05) is 13.8 Å². The van der Waals surface area contributed by atoms with Gasteiger partial charge in [-0.3, -0.25) is 14.5 Å². The lowest BCUT2D eigenvalue weighted by molar-refractivity contribution is -0.250. The average Bonchev–Trinajstić information content (AvgIpc) is 3.33. The Morgan fingerprint density at radius 3 is 2.23 bits per heavy atom. The molecule has 268 valence electrons. The Morgan fingerprint density at radius 1 is 0.894 bits per heavy atom. The normalized spacial score (nSPS) is 42.5. The number of carbonyl (C=O) groups excluding carboxylic acids is 1. The highest BCUT2D eigenvalue weighted by atomic mass is 16.5. The fourth-order valence-electron chi connectivity index (χ4n) is 13.7. The number of carboxylic acids is 1. The predicted molar refractivity (Wildman–Crippen MR) is 189 cm³/mol. The van der Waals surface area contributed by atoms with Gasteiger partial charge in [0.15, 0.2) is 0 Å². The molecule has 0 aromatic heterocycles. The van der Waals surface area contributed by atoms with Crippen LogP contribution in [0, 0.1) is 62.1 Å². The number of rotatable bonds is 11. The minimum atomic E-state index is -0.869. The van der Waals surface area contributed by atoms with Gasteiger partial charge < -0.3 is 14.6 Å². The molecule has 0 radical (unpaired) electrons. The van der Waals surface area contributed by atoms with Gasteiger partial charge in [0.25, 0.3) is 0 Å². The zero-order valence-corrected chi connectivity index (χ0v) is 31.8. The van der Waals surface area contributed by atoms with Gasteiger partial charge in [-0.25, -0.2) is 0 Å². The molecule has 5 saturated carbocycles. The van der Waals surface area contributed by atoms with E-state index in [-0.39, 0.29) is 35.7 Å². The quantitative estimate of drug-likeness (QED) is 0.136. The van der Waals surface area contributed by atoms with Crippen LogP contribution < -0.4 is 0 Å². The monoisotopic (exact) mass is 656 g/mol. The number of fused-ring (bicyclic) bond motifs is 7. The lowest BCUT2D eigenvalue weighted by atomic mass is 9.32. The number of nitrogens with zero attached hydrogens (tertiary/aromatic N) is 1. The number of ether oxygens (including phenoxy) is 2. The SMILES string of the molecule is C=C(C)[C@@H]1CC[C@]2(CCN(C)COC)CC[C@]3(C)[C@H](CC[C@@H]4[C@@]5(C)CC[C@H](OC(=O)CC(C)(C)CC(=O)O)C(C)(C)[C@@H]5CC[C@]43C)[C@@H]12. The van der Waals surface area contributed by atoms with E-state index < -0.39 is 11.4 Å². The van der Waals surface area contributed by atoms with Gasteiger partial charge in [-0.15, -0.1) is 0 Å². The molecule has 0 aliphatic heterocycles. The molecule has 6 nitrogen and oxygen atoms in total. The van der Waals surface area contributed by atoms with Crippen molar-refractivity contribution in [3.63, 3.8) is 0 Å². The Morgan fingerprint density at radius 2 is 1.60 bits per heavy atom. The molecule has 1 N–H and O–H groups in total. The molecule has 47 heavy (non-hydrogen) atoms. The van der Waals surface area contributed by atoms with E-state index in [1.165, 1.54) is 63.4 Å². The number of carbonyl (C=O) groups is 2. The van der Waals surface area contributed by atoms with Crippen LogP contribution >= 0.6 is 0 Å². The van der Waals surface area contributed by atoms with E-state index in [2.05, 4.69) is 60.1 Å². The summed E-state index contributed by atoms with van der Waals surface area (Å²) in [6, 6.07) is 0. The van der Waals surface area contributed by atoms with Crippen molar-refractivity contribution in [2.24, 2.45) is 62.1 Å². The Bertz CT molecular complexity index is 1210. The number of esters is 1. The maximum Gasteiger partial charge on any atom is 0.306 e. The average molecular weight is 656 g/mol. The minimum Gasteiger partial charge on any atom is -0.481 e. The highest BCUT2D eigenvalue weighted by molar-refractivity contribution is 5.73. The third-order valence-corrected chi connectivity index (χ3v) is 16.0. The fourth-order valence-corrected chi connectivity index (χ4v) is 13.7. The highest BCUT2D eigenvalue weighted by Gasteiger charge is 2.71. The van der Waals surface area contributed by atoms with Crippen molar-refractivity contribution in [2.45, 2.75) is 145 Å². The van der Waals surface area contributed by atoms with Crippen molar-refractivity contribution in [3.8, 4) is 0 Å². The van der Waals surface area contributed by atoms with E-state index in [1.54, 1.807) is 7.11 Å². The molecule has 0 heterocycles. The van der Waals surface area contributed by atoms with Crippen LogP contribution in [0.5, 0.6) is 0 Å². The number of hydrogen-bond donors (Lipinski definition) is 1. The molecule has 5 rings (SSSR count). The summed E-state index contributed by atoms with van der Waals surface area (Å²) in [6.45, 7) is 25.2. The maximum atomic E-state index is 13.2. The molecule has 5 fully saturated rings. The van der Waals surface area contributed by atoms with Crippen molar-refractivity contribution >= 4 is 11.9 Å². The molecule has 10 atom stereocenters. The summed E-state index contributed by atoms with van der Waals surface area (Å²) >= 11 is 0. The highest BCUT2D eigenvalue weighted by Crippen LogP contribution is 2.78. The van der Waals surface area contributed by atoms with Crippen molar-refractivity contribution < 1.29 is 24.2 Å². The van der Waals surface area contributed by atoms with Crippen LogP contribution in [0.2, 0.25) is 0 Å². The van der Waals surface area contributed by atoms with Crippen LogP contribution in [0.15, 0.2) is 12.2 Å². The zero-order valence-electron chi connectivity index (χ0n) is 31.8. The van der Waals surface area contributed by atoms with Crippen LogP contribution in [-0.2, 0) is 19.1 Å². The van der Waals surface area contributed by atoms with Gasteiger partial charge in [-0.2, -0.15) is 0 Å². The van der Waals surface area contributed by atoms with Gasteiger partial charge in [0.1, 0.15) is 6.10 Å². The first-order valence-corrected chi connectivity index (χ1v) is 19.0. The Balaban J connectivity index is 1.38. The van der Waals surface area contributed by atoms with E-state index in [0.717, 1.165) is 31.2 Å². The van der Waals surface area contributed by atoms with Crippen LogP contribution in [0.3, 0.4) is 0 Å². The van der Waals surface area contributed by atoms with Crippen LogP contribution in [0.1, 0.15) is 139 Å². The second-order valence-corrected chi connectivity index (χ2v) is 19.5. The van der Waals surface area contributed by atoms with Gasteiger partial charge in [0, 0.05) is 19.1 Å². The van der Waals surface area contributed by atoms with Gasteiger partial charge >= 0.3 is 11.9 Å². The molecule has 5 aliphatic rings. The van der Waals surface area contributed by atoms with Crippen molar-refractivity contribution in [2.75, 3.05) is 27.4 Å². The molecule has 6 heteroatoms. The first kappa shape index (κ1) is 36.9. The standard InChI is InChI=1S/C41H69NO5/c1-27(2)28-14-19-41(22-23-42(10)26-46-11)21-20-39(8)29(35(28)41)12-13-31-38(7)17-16-32(37(5,6)30(38)15-18-40(31,39)9)47-34(45)25-36(3,4)24-33(43)44/h28-32,35H,1,12-26H2,2-11H3,(H,43,44)/t28-,29+,30-,31+,32-,35+,38-,39+,40+,41+/m0/s1. The smallest absolute Gasteiger partial charge is 0.306 e. The Hall–Kier alpha value is -1.40. The topological polar surface area (TPSA) is 76.1 Å². The van der Waals surface area contributed by atoms with E-state index in [0.29, 0.717) is 40.7 Å². The van der Waals surface area contributed by atoms with Gasteiger partial charge in [-0.1, -0.05) is 60.6 Å². The molecule has 0 spiro atoms. The number of aliphatic carboxylic acids is 1. The molecule has 0 saturated heterocycles. The van der Waals surface area contributed by atoms with E-state index >= 15 is 0 Å². The Kier molecular flexibility index (Phi) is 9.99. The number of allylic oxidation sites excluding steroid dienone is 1. The summed E-state index contributed by atoms with van der Waals surface area (Å²) in [5.74, 6) is 2.18. The number of hydrogen-bond acceptors (Lipinski definition) is 5. The third kappa shape index (κ3) is 6.16. The molecular weight excluding hydrogens is 586 g/mol. The van der Waals surface area contributed by atoms with Crippen molar-refractivity contribution in [1.29, 1.82) is 0 Å². The van der Waals surface area contributed by atoms with Crippen molar-refractivity contribution in [1.82, 2.24) is 4.90 Å². The lowest BCUT2D eigenvalue weighted by Gasteiger charge is -2.73. The summed E-state index contributed by atoms with van der Waals surface area (Å²) in [7, 11) is 4.01. The maximum absolute atomic E-state index is 13.2. The molecular formula is C41H69NO5. The lowest BCUT2D eigenvalue weighted by Crippen LogP contribution is -2.66. The predicted octanol–water partition coefficient (Wildman–Crippen LogP) is 9.37. The second-order valence-electron chi connectivity index (χ2n) is 19.5. The molecule has 0 aromatic carbocycles. The third-order valence-electron chi connectivity index (χ3n) is 16.0. The first-order valence-electron chi connectivity index (χ1n) is 19.0. The molecule has 0 amide bonds. The largest absolute Gasteiger partial charge is 0.481 e. The Labute approximate surface area is 287 Å². The van der Waals surface area contributed by atoms with Crippen molar-refractivity contribution in [3.05, 3.63) is 12.2 Å². The second kappa shape index (κ2) is 12.7. The van der Waals surface area contributed by atoms with Crippen LogP contribution in [0.4, 0.5) is 0 Å². The molecule has 5 aliphatic carbocycles. The summed E-state index contributed by atoms with van der Waals surface area (Å²) in [5, 5.41) is 9.32. The summed E-state index contributed by atoms with van der Waals surface area (Å²) in [6.07, 6.45) is 13.7. The molecule has 0 bridgehead atoms. The van der Waals surface area contributed by atoms with E-state index in [9.17, 15) is 14.7 Å². The molecule has 0 unspecified atom stereocenters. The summed E-state index contributed by atoms with van der Waals surface area (Å²) < 4.78 is 11.8. The van der Waals surface area contributed by atoms with Gasteiger partial charge in [0.05, 0.1) is 19.6 Å². The van der Waals surface area contributed by atoms with Gasteiger partial charge in [0.2, 0.25) is 0 Å². The van der Waals surface area contributed by atoms with Crippen LogP contribution in [0.25, 0.3) is 0 Å². The zero-order chi connectivity index (χ0) is 34.8. The number of carboxylic acid groups (broad SMARTS) is 1. The first-order chi connectivity index (χ1) is 21.8. The van der Waals surface area contributed by atoms with E-state index in [4.69, 9.17) is 9.47 Å². The number of methoxy groups -OCH3 is 1.